The van der Waals surface area contributed by atoms with Crippen molar-refractivity contribution in [3.8, 4) is 0 Å². The Morgan fingerprint density at radius 2 is 1.95 bits per heavy atom. The highest BCUT2D eigenvalue weighted by Crippen LogP contribution is 2.29. The average molecular weight is 271 g/mol. The molecule has 1 aliphatic heterocycles. The van der Waals surface area contributed by atoms with Gasteiger partial charge in [0.25, 0.3) is 10.9 Å². The first-order chi connectivity index (χ1) is 9.68. The number of piperidine rings is 1. The number of rotatable bonds is 3. The van der Waals surface area contributed by atoms with Crippen LogP contribution < -0.4 is 21.1 Å². The van der Waals surface area contributed by atoms with Crippen molar-refractivity contribution in [3.05, 3.63) is 45.0 Å². The van der Waals surface area contributed by atoms with Crippen LogP contribution in [0.25, 0.3) is 0 Å². The Bertz CT molecular complexity index is 674. The fraction of sp³-hybridized carbons (Fsp3) is 0.400. The van der Waals surface area contributed by atoms with Gasteiger partial charge in [-0.05, 0) is 38.3 Å². The van der Waals surface area contributed by atoms with Crippen molar-refractivity contribution in [2.45, 2.75) is 32.2 Å². The van der Waals surface area contributed by atoms with E-state index in [1.807, 2.05) is 0 Å². The van der Waals surface area contributed by atoms with Gasteiger partial charge in [0.15, 0.2) is 0 Å². The van der Waals surface area contributed by atoms with Crippen molar-refractivity contribution >= 4 is 17.1 Å². The molecule has 5 nitrogen and oxygen atoms in total. The lowest BCUT2D eigenvalue weighted by Gasteiger charge is -2.36. The van der Waals surface area contributed by atoms with Crippen LogP contribution in [0, 0.1) is 0 Å². The van der Waals surface area contributed by atoms with Crippen molar-refractivity contribution in [3.63, 3.8) is 0 Å². The molecule has 0 amide bonds. The van der Waals surface area contributed by atoms with Gasteiger partial charge >= 0.3 is 0 Å². The Labute approximate surface area is 117 Å². The van der Waals surface area contributed by atoms with Crippen LogP contribution in [-0.2, 0) is 0 Å². The molecule has 2 heterocycles. The summed E-state index contributed by atoms with van der Waals surface area (Å²) >= 11 is 0. The molecule has 0 spiro atoms. The fourth-order valence-electron chi connectivity index (χ4n) is 2.78. The molecule has 0 saturated carbocycles. The van der Waals surface area contributed by atoms with E-state index < -0.39 is 5.43 Å². The van der Waals surface area contributed by atoms with E-state index in [2.05, 4.69) is 22.1 Å². The minimum absolute atomic E-state index is 0.310. The minimum Gasteiger partial charge on any atom is -0.364 e. The third-order valence-corrected chi connectivity index (χ3v) is 3.93. The van der Waals surface area contributed by atoms with E-state index in [4.69, 9.17) is 0 Å². The van der Waals surface area contributed by atoms with E-state index >= 15 is 0 Å². The van der Waals surface area contributed by atoms with E-state index in [1.165, 1.54) is 6.42 Å². The number of hydrogen-bond acceptors (Lipinski definition) is 5. The van der Waals surface area contributed by atoms with E-state index in [0.29, 0.717) is 17.4 Å². The molecule has 0 aliphatic carbocycles. The number of nitrogens with zero attached hydrogens (tertiary/aromatic N) is 2. The first-order valence-corrected chi connectivity index (χ1v) is 6.95. The molecule has 1 fully saturated rings. The maximum Gasteiger partial charge on any atom is 0.253 e. The predicted molar refractivity (Wildman–Crippen MR) is 79.5 cm³/mol. The van der Waals surface area contributed by atoms with Crippen LogP contribution >= 0.6 is 0 Å². The Morgan fingerprint density at radius 3 is 2.65 bits per heavy atom. The molecule has 3 rings (SSSR count). The van der Waals surface area contributed by atoms with E-state index in [0.717, 1.165) is 25.1 Å². The van der Waals surface area contributed by atoms with Crippen molar-refractivity contribution in [2.75, 3.05) is 16.8 Å². The number of anilines is 3. The number of aromatic nitrogens is 1. The largest absolute Gasteiger partial charge is 0.364 e. The lowest BCUT2D eigenvalue weighted by Crippen LogP contribution is -2.47. The molecule has 1 aliphatic rings. The smallest absolute Gasteiger partial charge is 0.253 e. The van der Waals surface area contributed by atoms with Crippen LogP contribution in [-0.4, -0.2) is 17.6 Å². The molecule has 1 aromatic carbocycles. The Balaban J connectivity index is 1.91. The average Bonchev–Trinajstić information content (AvgIpc) is 2.49. The molecule has 104 valence electrons. The molecule has 1 unspecified atom stereocenters. The third-order valence-electron chi connectivity index (χ3n) is 3.93. The first kappa shape index (κ1) is 12.8. The second kappa shape index (κ2) is 5.07. The van der Waals surface area contributed by atoms with Gasteiger partial charge in [-0.1, -0.05) is 0 Å². The van der Waals surface area contributed by atoms with Gasteiger partial charge in [-0.2, -0.15) is 0 Å². The van der Waals surface area contributed by atoms with Gasteiger partial charge in [0.2, 0.25) is 0 Å². The summed E-state index contributed by atoms with van der Waals surface area (Å²) in [6.45, 7) is 2.95. The zero-order valence-electron chi connectivity index (χ0n) is 11.4. The highest BCUT2D eigenvalue weighted by Gasteiger charge is 2.30. The molecule has 20 heavy (non-hydrogen) atoms. The van der Waals surface area contributed by atoms with Crippen molar-refractivity contribution in [2.24, 2.45) is 0 Å². The van der Waals surface area contributed by atoms with E-state index in [9.17, 15) is 9.59 Å². The van der Waals surface area contributed by atoms with Crippen LogP contribution in [0.5, 0.6) is 0 Å². The highest BCUT2D eigenvalue weighted by atomic mass is 16.2. The topological polar surface area (TPSA) is 62.3 Å². The van der Waals surface area contributed by atoms with Crippen LogP contribution in [0.1, 0.15) is 26.2 Å². The van der Waals surface area contributed by atoms with Crippen LogP contribution in [0.4, 0.5) is 17.1 Å². The maximum atomic E-state index is 11.9. The first-order valence-electron chi connectivity index (χ1n) is 6.95. The summed E-state index contributed by atoms with van der Waals surface area (Å²) in [7, 11) is 0. The highest BCUT2D eigenvalue weighted by molar-refractivity contribution is 5.79. The lowest BCUT2D eigenvalue weighted by atomic mass is 10.0. The Morgan fingerprint density at radius 1 is 1.20 bits per heavy atom. The fourth-order valence-corrected chi connectivity index (χ4v) is 2.78. The molecule has 1 saturated heterocycles. The summed E-state index contributed by atoms with van der Waals surface area (Å²) in [5.74, 6) is 0. The molecule has 0 radical (unpaired) electrons. The van der Waals surface area contributed by atoms with E-state index in [1.54, 1.807) is 24.5 Å². The van der Waals surface area contributed by atoms with Crippen molar-refractivity contribution < 1.29 is 0 Å². The van der Waals surface area contributed by atoms with Gasteiger partial charge in [-0.25, -0.2) is 0 Å². The number of pyridine rings is 1. The predicted octanol–water partition coefficient (Wildman–Crippen LogP) is 1.80. The molecule has 1 aromatic heterocycles. The van der Waals surface area contributed by atoms with Gasteiger partial charge in [0, 0.05) is 30.7 Å². The summed E-state index contributed by atoms with van der Waals surface area (Å²) in [5, 5.41) is 3.05. The summed E-state index contributed by atoms with van der Waals surface area (Å²) in [5.41, 5.74) is 0.969. The lowest BCUT2D eigenvalue weighted by molar-refractivity contribution is 0.483. The second-order valence-electron chi connectivity index (χ2n) is 5.28. The number of nitrogens with one attached hydrogen (secondary N) is 1. The summed E-state index contributed by atoms with van der Waals surface area (Å²) < 4.78 is 0. The van der Waals surface area contributed by atoms with Crippen LogP contribution in [0.2, 0.25) is 0 Å². The Hall–Kier alpha value is -2.17. The van der Waals surface area contributed by atoms with Gasteiger partial charge in [-0.15, -0.1) is 0 Å². The standard InChI is InChI=1S/C15H17N3O2/c1-10-4-2-3-9-18(10)13-12(14(19)15(13)20)17-11-5-7-16-8-6-11/h5-8,10H,2-4,9H2,1H3,(H,16,17). The molecule has 1 atom stereocenters. The van der Waals surface area contributed by atoms with Gasteiger partial charge in [0.05, 0.1) is 0 Å². The summed E-state index contributed by atoms with van der Waals surface area (Å²) in [4.78, 5) is 29.7. The molecule has 5 heteroatoms. The third kappa shape index (κ3) is 2.09. The normalized spacial score (nSPS) is 19.2. The van der Waals surface area contributed by atoms with Crippen molar-refractivity contribution in [1.82, 2.24) is 4.98 Å². The monoisotopic (exact) mass is 271 g/mol. The zero-order chi connectivity index (χ0) is 14.1. The van der Waals surface area contributed by atoms with E-state index in [-0.39, 0.29) is 5.43 Å². The summed E-state index contributed by atoms with van der Waals surface area (Å²) in [6.07, 6.45) is 6.61. The molecule has 0 bridgehead atoms. The van der Waals surface area contributed by atoms with Gasteiger partial charge in [0.1, 0.15) is 11.4 Å². The zero-order valence-corrected chi connectivity index (χ0v) is 11.4. The summed E-state index contributed by atoms with van der Waals surface area (Å²) in [6, 6.07) is 3.87. The number of hydrogen-bond donors (Lipinski definition) is 1. The SMILES string of the molecule is CC1CCCCN1c1c(Nc2ccncc2)c(=O)c1=O. The quantitative estimate of drug-likeness (QED) is 0.862. The van der Waals surface area contributed by atoms with Gasteiger partial charge in [-0.3, -0.25) is 14.6 Å². The second-order valence-corrected chi connectivity index (χ2v) is 5.28. The minimum atomic E-state index is -0.422. The molecular weight excluding hydrogens is 254 g/mol. The van der Waals surface area contributed by atoms with Crippen molar-refractivity contribution in [1.29, 1.82) is 0 Å². The maximum absolute atomic E-state index is 11.9. The molecular formula is C15H17N3O2. The molecule has 1 N–H and O–H groups in total. The molecule has 2 aromatic rings. The van der Waals surface area contributed by atoms with Gasteiger partial charge < -0.3 is 10.2 Å². The van der Waals surface area contributed by atoms with Crippen LogP contribution in [0.3, 0.4) is 0 Å². The van der Waals surface area contributed by atoms with Crippen LogP contribution in [0.15, 0.2) is 34.1 Å². The Kier molecular flexibility index (Phi) is 3.26.